The molecule has 5 nitrogen and oxygen atoms in total. The number of hydrogen-bond acceptors (Lipinski definition) is 4. The zero-order chi connectivity index (χ0) is 16.5. The number of fused-ring (bicyclic) bond motifs is 3. The number of ether oxygens (including phenoxy) is 1. The van der Waals surface area contributed by atoms with E-state index in [4.69, 9.17) is 4.74 Å². The van der Waals surface area contributed by atoms with E-state index in [0.717, 1.165) is 30.2 Å². The molecule has 1 saturated heterocycles. The predicted molar refractivity (Wildman–Crippen MR) is 90.9 cm³/mol. The molecule has 0 bridgehead atoms. The Morgan fingerprint density at radius 3 is 2.79 bits per heavy atom. The van der Waals surface area contributed by atoms with Crippen LogP contribution in [0.3, 0.4) is 0 Å². The predicted octanol–water partition coefficient (Wildman–Crippen LogP) is 3.28. The molecular formula is C19H25N2O3-. The SMILES string of the molecule is O=C([O-])Nc1ccc2c(c1)C1OCCCC1C(C1CCCCC1)N2. The Morgan fingerprint density at radius 1 is 1.17 bits per heavy atom. The van der Waals surface area contributed by atoms with Crippen molar-refractivity contribution in [3.63, 3.8) is 0 Å². The van der Waals surface area contributed by atoms with E-state index >= 15 is 0 Å². The second kappa shape index (κ2) is 6.63. The molecule has 1 amide bonds. The molecule has 1 aromatic carbocycles. The molecule has 1 aromatic rings. The fourth-order valence-electron chi connectivity index (χ4n) is 4.87. The average molecular weight is 329 g/mol. The minimum absolute atomic E-state index is 0.0745. The molecule has 5 heteroatoms. The topological polar surface area (TPSA) is 73.4 Å². The molecule has 3 unspecified atom stereocenters. The standard InChI is InChI=1S/C19H26N2O3/c22-19(23)20-13-8-9-16-15(11-13)18-14(7-4-10-24-18)17(21-16)12-5-2-1-3-6-12/h8-9,11-12,14,17-18,20-21H,1-7,10H2,(H,22,23)/p-1. The van der Waals surface area contributed by atoms with Crippen LogP contribution in [-0.2, 0) is 4.74 Å². The number of rotatable bonds is 2. The maximum atomic E-state index is 10.8. The minimum Gasteiger partial charge on any atom is -0.530 e. The Balaban J connectivity index is 1.65. The van der Waals surface area contributed by atoms with Crippen LogP contribution in [0.15, 0.2) is 18.2 Å². The van der Waals surface area contributed by atoms with Crippen molar-refractivity contribution in [2.75, 3.05) is 17.2 Å². The summed E-state index contributed by atoms with van der Waals surface area (Å²) < 4.78 is 6.16. The van der Waals surface area contributed by atoms with Crippen molar-refractivity contribution in [1.82, 2.24) is 0 Å². The lowest BCUT2D eigenvalue weighted by atomic mass is 9.71. The van der Waals surface area contributed by atoms with Crippen molar-refractivity contribution in [2.24, 2.45) is 11.8 Å². The van der Waals surface area contributed by atoms with Crippen LogP contribution in [-0.4, -0.2) is 18.7 Å². The van der Waals surface area contributed by atoms with Crippen LogP contribution in [0.25, 0.3) is 0 Å². The molecule has 2 N–H and O–H groups in total. The third-order valence-corrected chi connectivity index (χ3v) is 5.91. The highest BCUT2D eigenvalue weighted by Crippen LogP contribution is 2.48. The van der Waals surface area contributed by atoms with Gasteiger partial charge in [0.15, 0.2) is 0 Å². The van der Waals surface area contributed by atoms with E-state index < -0.39 is 6.09 Å². The first kappa shape index (κ1) is 15.8. The maximum Gasteiger partial charge on any atom is 0.138 e. The van der Waals surface area contributed by atoms with E-state index in [-0.39, 0.29) is 6.10 Å². The van der Waals surface area contributed by atoms with Crippen molar-refractivity contribution >= 4 is 17.5 Å². The van der Waals surface area contributed by atoms with Crippen molar-refractivity contribution in [2.45, 2.75) is 57.1 Å². The molecule has 24 heavy (non-hydrogen) atoms. The number of hydrogen-bond donors (Lipinski definition) is 2. The molecule has 130 valence electrons. The summed E-state index contributed by atoms with van der Waals surface area (Å²) in [5, 5.41) is 16.9. The highest BCUT2D eigenvalue weighted by molar-refractivity contribution is 5.82. The fourth-order valence-corrected chi connectivity index (χ4v) is 4.87. The van der Waals surface area contributed by atoms with Gasteiger partial charge in [0.05, 0.1) is 6.10 Å². The number of carbonyl (C=O) groups is 1. The molecule has 1 aliphatic carbocycles. The summed E-state index contributed by atoms with van der Waals surface area (Å²) in [6, 6.07) is 6.15. The van der Waals surface area contributed by atoms with Gasteiger partial charge in [-0.25, -0.2) is 0 Å². The Bertz CT molecular complexity index is 613. The summed E-state index contributed by atoms with van der Waals surface area (Å²) in [5.41, 5.74) is 2.73. The highest BCUT2D eigenvalue weighted by Gasteiger charge is 2.42. The first-order chi connectivity index (χ1) is 11.7. The van der Waals surface area contributed by atoms with Crippen LogP contribution in [0, 0.1) is 11.8 Å². The van der Waals surface area contributed by atoms with Crippen LogP contribution in [0.2, 0.25) is 0 Å². The monoisotopic (exact) mass is 329 g/mol. The van der Waals surface area contributed by atoms with Gasteiger partial charge in [0, 0.05) is 35.5 Å². The van der Waals surface area contributed by atoms with Gasteiger partial charge in [0.1, 0.15) is 6.09 Å². The molecule has 3 atom stereocenters. The number of carbonyl (C=O) groups excluding carboxylic acids is 1. The van der Waals surface area contributed by atoms with Gasteiger partial charge in [-0.1, -0.05) is 19.3 Å². The highest BCUT2D eigenvalue weighted by atomic mass is 16.5. The van der Waals surface area contributed by atoms with Crippen LogP contribution >= 0.6 is 0 Å². The Morgan fingerprint density at radius 2 is 2.00 bits per heavy atom. The normalized spacial score (nSPS) is 29.9. The number of carboxylic acid groups (broad SMARTS) is 1. The van der Waals surface area contributed by atoms with E-state index in [1.807, 2.05) is 12.1 Å². The van der Waals surface area contributed by atoms with E-state index in [1.54, 1.807) is 6.07 Å². The van der Waals surface area contributed by atoms with Crippen molar-refractivity contribution in [3.8, 4) is 0 Å². The number of anilines is 2. The largest absolute Gasteiger partial charge is 0.530 e. The van der Waals surface area contributed by atoms with Gasteiger partial charge in [0.25, 0.3) is 0 Å². The fraction of sp³-hybridized carbons (Fsp3) is 0.632. The Hall–Kier alpha value is -1.75. The van der Waals surface area contributed by atoms with Crippen molar-refractivity contribution in [3.05, 3.63) is 23.8 Å². The Kier molecular flexibility index (Phi) is 4.35. The van der Waals surface area contributed by atoms with Gasteiger partial charge < -0.3 is 25.3 Å². The summed E-state index contributed by atoms with van der Waals surface area (Å²) in [6.07, 6.45) is 7.73. The lowest BCUT2D eigenvalue weighted by Gasteiger charge is -2.47. The molecule has 0 radical (unpaired) electrons. The van der Waals surface area contributed by atoms with Crippen LogP contribution in [0.4, 0.5) is 16.2 Å². The molecule has 0 spiro atoms. The van der Waals surface area contributed by atoms with Gasteiger partial charge in [-0.15, -0.1) is 0 Å². The third kappa shape index (κ3) is 2.97. The third-order valence-electron chi connectivity index (χ3n) is 5.91. The molecular weight excluding hydrogens is 304 g/mol. The van der Waals surface area contributed by atoms with Gasteiger partial charge in [-0.2, -0.15) is 0 Å². The molecule has 0 aromatic heterocycles. The Labute approximate surface area is 142 Å². The number of nitrogens with one attached hydrogen (secondary N) is 2. The molecule has 4 rings (SSSR count). The quantitative estimate of drug-likeness (QED) is 0.873. The molecule has 2 aliphatic heterocycles. The second-order valence-electron chi connectivity index (χ2n) is 7.38. The van der Waals surface area contributed by atoms with Gasteiger partial charge in [0.2, 0.25) is 0 Å². The van der Waals surface area contributed by atoms with Crippen LogP contribution in [0.5, 0.6) is 0 Å². The lowest BCUT2D eigenvalue weighted by Crippen LogP contribution is -2.46. The van der Waals surface area contributed by atoms with E-state index in [1.165, 1.54) is 38.5 Å². The van der Waals surface area contributed by atoms with Crippen LogP contribution < -0.4 is 15.7 Å². The second-order valence-corrected chi connectivity index (χ2v) is 7.38. The average Bonchev–Trinajstić information content (AvgIpc) is 2.61. The van der Waals surface area contributed by atoms with Gasteiger partial charge >= 0.3 is 0 Å². The van der Waals surface area contributed by atoms with Crippen molar-refractivity contribution < 1.29 is 14.6 Å². The smallest absolute Gasteiger partial charge is 0.138 e. The number of benzene rings is 1. The van der Waals surface area contributed by atoms with Crippen LogP contribution in [0.1, 0.15) is 56.6 Å². The van der Waals surface area contributed by atoms with E-state index in [2.05, 4.69) is 10.6 Å². The number of amides is 1. The van der Waals surface area contributed by atoms with Gasteiger partial charge in [-0.05, 0) is 49.8 Å². The van der Waals surface area contributed by atoms with Crippen molar-refractivity contribution in [1.29, 1.82) is 0 Å². The maximum absolute atomic E-state index is 10.8. The summed E-state index contributed by atoms with van der Waals surface area (Å²) in [6.45, 7) is 0.788. The summed E-state index contributed by atoms with van der Waals surface area (Å²) in [4.78, 5) is 10.8. The molecule has 2 heterocycles. The lowest BCUT2D eigenvalue weighted by molar-refractivity contribution is -0.242. The first-order valence-corrected chi connectivity index (χ1v) is 9.22. The van der Waals surface area contributed by atoms with Gasteiger partial charge in [-0.3, -0.25) is 0 Å². The zero-order valence-corrected chi connectivity index (χ0v) is 13.9. The molecule has 2 fully saturated rings. The van der Waals surface area contributed by atoms with E-state index in [0.29, 0.717) is 17.6 Å². The minimum atomic E-state index is -1.28. The first-order valence-electron chi connectivity index (χ1n) is 9.22. The molecule has 1 saturated carbocycles. The zero-order valence-electron chi connectivity index (χ0n) is 13.9. The summed E-state index contributed by atoms with van der Waals surface area (Å²) in [5.74, 6) is 1.20. The summed E-state index contributed by atoms with van der Waals surface area (Å²) >= 11 is 0. The summed E-state index contributed by atoms with van der Waals surface area (Å²) in [7, 11) is 0. The molecule has 3 aliphatic rings. The van der Waals surface area contributed by atoms with E-state index in [9.17, 15) is 9.90 Å².